The van der Waals surface area contributed by atoms with Crippen LogP contribution in [0.2, 0.25) is 0 Å². The van der Waals surface area contributed by atoms with E-state index in [2.05, 4.69) is 0 Å². The molecule has 0 unspecified atom stereocenters. The summed E-state index contributed by atoms with van der Waals surface area (Å²) >= 11 is 0. The summed E-state index contributed by atoms with van der Waals surface area (Å²) in [6.07, 6.45) is 0. The number of rotatable bonds is 0. The van der Waals surface area contributed by atoms with Gasteiger partial charge in [0.25, 0.3) is 0 Å². The maximum Gasteiger partial charge on any atom is 4.00 e. The van der Waals surface area contributed by atoms with E-state index in [1.807, 2.05) is 0 Å². The summed E-state index contributed by atoms with van der Waals surface area (Å²) in [5.41, 5.74) is 0. The molecule has 40 valence electrons. The molecule has 3 heteroatoms. The first kappa shape index (κ1) is 146. The Morgan fingerprint density at radius 3 is 0.667 bits per heavy atom. The van der Waals surface area contributed by atoms with E-state index in [0.717, 1.165) is 0 Å². The average Bonchev–Trinajstić information content (AvgIpc) is 0. The Morgan fingerprint density at radius 2 is 0.667 bits per heavy atom. The molecule has 0 saturated carbocycles. The molecule has 0 rings (SSSR count). The van der Waals surface area contributed by atoms with E-state index in [1.165, 1.54) is 0 Å². The maximum absolute atomic E-state index is 0. The SMILES string of the molecule is C.[CH3-].[CH3-].[Cl-].[Cl-].[Zr+4]. The quantitative estimate of drug-likeness (QED) is 0.352. The van der Waals surface area contributed by atoms with Crippen LogP contribution >= 0.6 is 0 Å². The number of hydrogen-bond donors (Lipinski definition) is 0. The Balaban J connectivity index is 0. The average molecular weight is 208 g/mol. The normalized spacial score (nSPS) is 0. The van der Waals surface area contributed by atoms with Crippen LogP contribution in [0.15, 0.2) is 0 Å². The van der Waals surface area contributed by atoms with Gasteiger partial charge < -0.3 is 39.7 Å². The van der Waals surface area contributed by atoms with Crippen molar-refractivity contribution < 1.29 is 51.0 Å². The van der Waals surface area contributed by atoms with Crippen molar-refractivity contribution in [2.75, 3.05) is 0 Å². The molecule has 6 heavy (non-hydrogen) atoms. The van der Waals surface area contributed by atoms with E-state index in [9.17, 15) is 0 Å². The third-order valence-electron chi connectivity index (χ3n) is 0. The summed E-state index contributed by atoms with van der Waals surface area (Å²) in [5, 5.41) is 0. The van der Waals surface area contributed by atoms with E-state index < -0.39 is 0 Å². The Morgan fingerprint density at radius 1 is 0.667 bits per heavy atom. The number of halogens is 2. The second kappa shape index (κ2) is 90.1. The molecule has 0 aliphatic rings. The van der Waals surface area contributed by atoms with Crippen LogP contribution in [-0.2, 0) is 26.2 Å². The van der Waals surface area contributed by atoms with E-state index in [-0.39, 0.29) is 73.3 Å². The third-order valence-corrected chi connectivity index (χ3v) is 0. The fraction of sp³-hybridized carbons (Fsp3) is 0.333. The minimum absolute atomic E-state index is 0. The maximum atomic E-state index is 0. The van der Waals surface area contributed by atoms with Crippen LogP contribution in [0.25, 0.3) is 0 Å². The van der Waals surface area contributed by atoms with Gasteiger partial charge in [-0.1, -0.05) is 7.43 Å². The molecule has 0 radical (unpaired) electrons. The van der Waals surface area contributed by atoms with Crippen molar-refractivity contribution >= 4 is 0 Å². The first-order valence-corrected chi connectivity index (χ1v) is 0. The molecule has 0 nitrogen and oxygen atoms in total. The van der Waals surface area contributed by atoms with Crippen LogP contribution in [0.4, 0.5) is 0 Å². The second-order valence-corrected chi connectivity index (χ2v) is 0. The minimum atomic E-state index is 0. The van der Waals surface area contributed by atoms with Crippen molar-refractivity contribution in [3.05, 3.63) is 14.9 Å². The van der Waals surface area contributed by atoms with Crippen LogP contribution in [-0.4, -0.2) is 0 Å². The fourth-order valence-corrected chi connectivity index (χ4v) is 0. The van der Waals surface area contributed by atoms with Crippen molar-refractivity contribution in [3.63, 3.8) is 0 Å². The Bertz CT molecular complexity index is 8.75. The van der Waals surface area contributed by atoms with Gasteiger partial charge in [-0.05, 0) is 0 Å². The van der Waals surface area contributed by atoms with Gasteiger partial charge in [0.15, 0.2) is 0 Å². The van der Waals surface area contributed by atoms with Gasteiger partial charge in [-0.3, -0.25) is 0 Å². The number of hydrogen-bond acceptors (Lipinski definition) is 0. The zero-order valence-corrected chi connectivity index (χ0v) is 7.23. The molecule has 0 heterocycles. The molecule has 0 aromatic carbocycles. The molecule has 0 atom stereocenters. The molecule has 0 saturated heterocycles. The predicted molar refractivity (Wildman–Crippen MR) is 19.6 cm³/mol. The summed E-state index contributed by atoms with van der Waals surface area (Å²) in [5.74, 6) is 0. The van der Waals surface area contributed by atoms with Crippen LogP contribution in [0.3, 0.4) is 0 Å². The molecular weight excluding hydrogens is 198 g/mol. The summed E-state index contributed by atoms with van der Waals surface area (Å²) < 4.78 is 0. The van der Waals surface area contributed by atoms with Crippen molar-refractivity contribution in [3.8, 4) is 0 Å². The van der Waals surface area contributed by atoms with Crippen molar-refractivity contribution in [2.45, 2.75) is 7.43 Å². The monoisotopic (exact) mass is 206 g/mol. The third kappa shape index (κ3) is 50.8. The smallest absolute Gasteiger partial charge is 1.00 e. The van der Waals surface area contributed by atoms with Crippen molar-refractivity contribution in [1.82, 2.24) is 0 Å². The van der Waals surface area contributed by atoms with Gasteiger partial charge in [-0.25, -0.2) is 0 Å². The summed E-state index contributed by atoms with van der Waals surface area (Å²) in [6.45, 7) is 0. The molecule has 0 aliphatic carbocycles. The Labute approximate surface area is 73.0 Å². The van der Waals surface area contributed by atoms with E-state index in [0.29, 0.717) is 0 Å². The zero-order chi connectivity index (χ0) is 0. The molecule has 0 bridgehead atoms. The molecule has 0 aromatic heterocycles. The first-order valence-electron chi connectivity index (χ1n) is 0. The van der Waals surface area contributed by atoms with Gasteiger partial charge >= 0.3 is 26.2 Å². The Hall–Kier alpha value is 1.46. The topological polar surface area (TPSA) is 0 Å². The van der Waals surface area contributed by atoms with E-state index >= 15 is 0 Å². The van der Waals surface area contributed by atoms with Gasteiger partial charge in [-0.15, -0.1) is 0 Å². The summed E-state index contributed by atoms with van der Waals surface area (Å²) in [7, 11) is 0. The molecule has 0 N–H and O–H groups in total. The van der Waals surface area contributed by atoms with Gasteiger partial charge in [0, 0.05) is 0 Å². The molecule has 0 aliphatic heterocycles. The van der Waals surface area contributed by atoms with Gasteiger partial charge in [0.05, 0.1) is 0 Å². The van der Waals surface area contributed by atoms with Crippen molar-refractivity contribution in [2.24, 2.45) is 0 Å². The van der Waals surface area contributed by atoms with Crippen molar-refractivity contribution in [1.29, 1.82) is 0 Å². The van der Waals surface area contributed by atoms with E-state index in [4.69, 9.17) is 0 Å². The second-order valence-electron chi connectivity index (χ2n) is 0. The predicted octanol–water partition coefficient (Wildman–Crippen LogP) is -4.46. The fourth-order valence-electron chi connectivity index (χ4n) is 0. The standard InChI is InChI=1S/CH4.2CH3.2ClH.Zr/h1H4;2*1H3;2*1H;/q;2*-1;;;+4/p-2. The van der Waals surface area contributed by atoms with Crippen LogP contribution in [0, 0.1) is 14.9 Å². The summed E-state index contributed by atoms with van der Waals surface area (Å²) in [4.78, 5) is 0. The van der Waals surface area contributed by atoms with E-state index in [1.54, 1.807) is 0 Å². The molecule has 0 spiro atoms. The van der Waals surface area contributed by atoms with Gasteiger partial charge in [0.2, 0.25) is 0 Å². The Kier molecular flexibility index (Phi) is 2190. The largest absolute Gasteiger partial charge is 4.00 e. The first-order chi connectivity index (χ1) is 0. The van der Waals surface area contributed by atoms with Crippen LogP contribution < -0.4 is 24.8 Å². The van der Waals surface area contributed by atoms with Gasteiger partial charge in [0.1, 0.15) is 0 Å². The molecule has 0 fully saturated rings. The zero-order valence-electron chi connectivity index (χ0n) is 3.26. The van der Waals surface area contributed by atoms with Gasteiger partial charge in [-0.2, -0.15) is 0 Å². The molecule has 0 aromatic rings. The summed E-state index contributed by atoms with van der Waals surface area (Å²) in [6, 6.07) is 0. The minimum Gasteiger partial charge on any atom is -1.00 e. The van der Waals surface area contributed by atoms with Crippen LogP contribution in [0.1, 0.15) is 7.43 Å². The molecular formula is C3H10Cl2Zr. The van der Waals surface area contributed by atoms with Crippen LogP contribution in [0.5, 0.6) is 0 Å². The molecule has 0 amide bonds.